The van der Waals surface area contributed by atoms with E-state index in [4.69, 9.17) is 0 Å². The second kappa shape index (κ2) is 10.4. The Kier molecular flexibility index (Phi) is 7.68. The Hall–Kier alpha value is -2.87. The number of phenols is 1. The van der Waals surface area contributed by atoms with Crippen molar-refractivity contribution in [1.82, 2.24) is 5.32 Å². The van der Waals surface area contributed by atoms with E-state index in [1.807, 2.05) is 36.4 Å². The zero-order valence-electron chi connectivity index (χ0n) is 17.4. The molecule has 0 spiro atoms. The highest BCUT2D eigenvalue weighted by molar-refractivity contribution is 7.92. The van der Waals surface area contributed by atoms with Crippen LogP contribution in [0.2, 0.25) is 0 Å². The number of phenolic OH excluding ortho intramolecular Hbond substituents is 1. The molecular weight excluding hydrogens is 412 g/mol. The summed E-state index contributed by atoms with van der Waals surface area (Å²) in [5.41, 5.74) is 2.96. The number of aliphatic hydroxyl groups excluding tert-OH is 1. The number of benzene rings is 3. The SMILES string of the molecule is CS(=O)(=O)Nc1cc(C(O)CNC(Cc2ccccc2)Cc2ccccc2)ccc1O. The number of anilines is 1. The molecule has 6 nitrogen and oxygen atoms in total. The summed E-state index contributed by atoms with van der Waals surface area (Å²) < 4.78 is 25.3. The Morgan fingerprint density at radius 3 is 1.94 bits per heavy atom. The topological polar surface area (TPSA) is 98.7 Å². The van der Waals surface area contributed by atoms with Crippen molar-refractivity contribution in [1.29, 1.82) is 0 Å². The number of rotatable bonds is 10. The smallest absolute Gasteiger partial charge is 0.229 e. The summed E-state index contributed by atoms with van der Waals surface area (Å²) in [6.07, 6.45) is 1.75. The first-order chi connectivity index (χ1) is 14.8. The van der Waals surface area contributed by atoms with E-state index in [2.05, 4.69) is 34.3 Å². The summed E-state index contributed by atoms with van der Waals surface area (Å²) >= 11 is 0. The van der Waals surface area contributed by atoms with Crippen LogP contribution in [-0.4, -0.2) is 37.5 Å². The van der Waals surface area contributed by atoms with Crippen molar-refractivity contribution < 1.29 is 18.6 Å². The molecule has 164 valence electrons. The first kappa shape index (κ1) is 22.8. The number of hydrogen-bond acceptors (Lipinski definition) is 5. The Labute approximate surface area is 183 Å². The molecule has 7 heteroatoms. The molecule has 0 saturated heterocycles. The van der Waals surface area contributed by atoms with Gasteiger partial charge in [-0.05, 0) is 41.7 Å². The highest BCUT2D eigenvalue weighted by Gasteiger charge is 2.16. The van der Waals surface area contributed by atoms with Crippen LogP contribution in [0.4, 0.5) is 5.69 Å². The maximum Gasteiger partial charge on any atom is 0.229 e. The van der Waals surface area contributed by atoms with E-state index in [-0.39, 0.29) is 24.0 Å². The maximum atomic E-state index is 11.5. The fraction of sp³-hybridized carbons (Fsp3) is 0.250. The molecule has 0 bridgehead atoms. The number of hydrogen-bond donors (Lipinski definition) is 4. The van der Waals surface area contributed by atoms with Crippen LogP contribution in [-0.2, 0) is 22.9 Å². The summed E-state index contributed by atoms with van der Waals surface area (Å²) in [6, 6.07) is 24.9. The van der Waals surface area contributed by atoms with Crippen LogP contribution in [0.1, 0.15) is 22.8 Å². The van der Waals surface area contributed by atoms with Crippen LogP contribution in [0.5, 0.6) is 5.75 Å². The van der Waals surface area contributed by atoms with Gasteiger partial charge in [-0.2, -0.15) is 0 Å². The molecule has 0 aromatic heterocycles. The van der Waals surface area contributed by atoms with Gasteiger partial charge in [0.1, 0.15) is 5.75 Å². The zero-order valence-corrected chi connectivity index (χ0v) is 18.2. The van der Waals surface area contributed by atoms with Crippen LogP contribution in [0.3, 0.4) is 0 Å². The molecule has 0 radical (unpaired) electrons. The van der Waals surface area contributed by atoms with Gasteiger partial charge in [-0.3, -0.25) is 4.72 Å². The Bertz CT molecular complexity index is 1030. The summed E-state index contributed by atoms with van der Waals surface area (Å²) in [7, 11) is -3.54. The van der Waals surface area contributed by atoms with Crippen molar-refractivity contribution in [2.45, 2.75) is 25.0 Å². The largest absolute Gasteiger partial charge is 0.506 e. The zero-order chi connectivity index (χ0) is 22.3. The lowest BCUT2D eigenvalue weighted by molar-refractivity contribution is 0.169. The Morgan fingerprint density at radius 1 is 0.871 bits per heavy atom. The molecule has 1 unspecified atom stereocenters. The predicted molar refractivity (Wildman–Crippen MR) is 124 cm³/mol. The molecular formula is C24H28N2O4S. The number of aliphatic hydroxyl groups is 1. The lowest BCUT2D eigenvalue weighted by Crippen LogP contribution is -2.36. The fourth-order valence-electron chi connectivity index (χ4n) is 3.45. The van der Waals surface area contributed by atoms with E-state index >= 15 is 0 Å². The molecule has 1 atom stereocenters. The lowest BCUT2D eigenvalue weighted by Gasteiger charge is -2.22. The maximum absolute atomic E-state index is 11.5. The van der Waals surface area contributed by atoms with Crippen LogP contribution in [0, 0.1) is 0 Å². The minimum absolute atomic E-state index is 0.0455. The monoisotopic (exact) mass is 440 g/mol. The van der Waals surface area contributed by atoms with Crippen LogP contribution >= 0.6 is 0 Å². The molecule has 0 saturated carbocycles. The van der Waals surface area contributed by atoms with Crippen LogP contribution in [0.25, 0.3) is 0 Å². The molecule has 0 aliphatic carbocycles. The highest BCUT2D eigenvalue weighted by atomic mass is 32.2. The van der Waals surface area contributed by atoms with Gasteiger partial charge in [0, 0.05) is 12.6 Å². The van der Waals surface area contributed by atoms with Crippen molar-refractivity contribution in [2.75, 3.05) is 17.5 Å². The molecule has 0 heterocycles. The highest BCUT2D eigenvalue weighted by Crippen LogP contribution is 2.27. The van der Waals surface area contributed by atoms with Crippen LogP contribution < -0.4 is 10.0 Å². The van der Waals surface area contributed by atoms with Gasteiger partial charge in [0.05, 0.1) is 18.0 Å². The second-order valence-corrected chi connectivity index (χ2v) is 9.40. The van der Waals surface area contributed by atoms with Gasteiger partial charge in [-0.25, -0.2) is 8.42 Å². The molecule has 0 aliphatic rings. The van der Waals surface area contributed by atoms with Gasteiger partial charge < -0.3 is 15.5 Å². The van der Waals surface area contributed by atoms with E-state index in [0.29, 0.717) is 5.56 Å². The summed E-state index contributed by atoms with van der Waals surface area (Å²) in [5.74, 6) is -0.194. The van der Waals surface area contributed by atoms with Gasteiger partial charge in [-0.1, -0.05) is 66.7 Å². The van der Waals surface area contributed by atoms with Crippen molar-refractivity contribution in [2.24, 2.45) is 0 Å². The number of nitrogens with one attached hydrogen (secondary N) is 2. The second-order valence-electron chi connectivity index (χ2n) is 7.65. The minimum atomic E-state index is -3.54. The number of aromatic hydroxyl groups is 1. The molecule has 31 heavy (non-hydrogen) atoms. The predicted octanol–water partition coefficient (Wildman–Crippen LogP) is 3.24. The fourth-order valence-corrected chi connectivity index (χ4v) is 4.02. The average molecular weight is 441 g/mol. The van der Waals surface area contributed by atoms with Gasteiger partial charge >= 0.3 is 0 Å². The van der Waals surface area contributed by atoms with Gasteiger partial charge in [0.15, 0.2) is 0 Å². The molecule has 0 amide bonds. The van der Waals surface area contributed by atoms with E-state index in [1.165, 1.54) is 23.3 Å². The molecule has 0 aliphatic heterocycles. The van der Waals surface area contributed by atoms with E-state index in [0.717, 1.165) is 19.1 Å². The Balaban J connectivity index is 1.70. The molecule has 4 N–H and O–H groups in total. The van der Waals surface area contributed by atoms with Crippen molar-refractivity contribution >= 4 is 15.7 Å². The first-order valence-electron chi connectivity index (χ1n) is 10.1. The number of sulfonamides is 1. The molecule has 3 aromatic rings. The quantitative estimate of drug-likeness (QED) is 0.363. The standard InChI is InChI=1S/C24H28N2O4S/c1-31(29,30)26-22-16-20(12-13-23(22)27)24(28)17-25-21(14-18-8-4-2-5-9-18)15-19-10-6-3-7-11-19/h2-13,16,21,24-28H,14-15,17H2,1H3. The molecule has 3 rings (SSSR count). The normalized spacial score (nSPS) is 12.6. The van der Waals surface area contributed by atoms with E-state index in [1.54, 1.807) is 6.07 Å². The van der Waals surface area contributed by atoms with E-state index < -0.39 is 16.1 Å². The third kappa shape index (κ3) is 7.40. The average Bonchev–Trinajstić information content (AvgIpc) is 2.74. The first-order valence-corrected chi connectivity index (χ1v) is 12.0. The summed E-state index contributed by atoms with van der Waals surface area (Å²) in [5, 5.41) is 24.0. The van der Waals surface area contributed by atoms with Crippen molar-refractivity contribution in [3.63, 3.8) is 0 Å². The molecule has 3 aromatic carbocycles. The van der Waals surface area contributed by atoms with Gasteiger partial charge in [-0.15, -0.1) is 0 Å². The van der Waals surface area contributed by atoms with Gasteiger partial charge in [0.2, 0.25) is 10.0 Å². The lowest BCUT2D eigenvalue weighted by atomic mass is 9.98. The summed E-state index contributed by atoms with van der Waals surface area (Å²) in [6.45, 7) is 0.285. The third-order valence-corrected chi connectivity index (χ3v) is 5.54. The molecule has 0 fully saturated rings. The minimum Gasteiger partial charge on any atom is -0.506 e. The van der Waals surface area contributed by atoms with E-state index in [9.17, 15) is 18.6 Å². The summed E-state index contributed by atoms with van der Waals surface area (Å²) in [4.78, 5) is 0. The Morgan fingerprint density at radius 2 is 1.42 bits per heavy atom. The van der Waals surface area contributed by atoms with Crippen LogP contribution in [0.15, 0.2) is 78.9 Å². The van der Waals surface area contributed by atoms with Crippen molar-refractivity contribution in [3.8, 4) is 5.75 Å². The van der Waals surface area contributed by atoms with Crippen molar-refractivity contribution in [3.05, 3.63) is 95.6 Å². The van der Waals surface area contributed by atoms with Gasteiger partial charge in [0.25, 0.3) is 0 Å². The third-order valence-electron chi connectivity index (χ3n) is 4.95.